The van der Waals surface area contributed by atoms with E-state index < -0.39 is 0 Å². The Morgan fingerprint density at radius 3 is 2.87 bits per heavy atom. The first-order valence-corrected chi connectivity index (χ1v) is 5.94. The van der Waals surface area contributed by atoms with Crippen LogP contribution in [0.4, 0.5) is 0 Å². The van der Waals surface area contributed by atoms with E-state index in [2.05, 4.69) is 18.0 Å². The molecular weight excluding hydrogens is 186 g/mol. The summed E-state index contributed by atoms with van der Waals surface area (Å²) in [5.74, 6) is 0.435. The van der Waals surface area contributed by atoms with Gasteiger partial charge in [-0.2, -0.15) is 0 Å². The molecule has 1 aromatic rings. The molecule has 1 unspecified atom stereocenters. The van der Waals surface area contributed by atoms with Crippen molar-refractivity contribution in [3.05, 3.63) is 29.6 Å². The van der Waals surface area contributed by atoms with E-state index in [-0.39, 0.29) is 6.10 Å². The molecule has 1 heterocycles. The SMILES string of the molecule is CCc1cccnc1C(O)C1CCCC1. The molecule has 1 fully saturated rings. The van der Waals surface area contributed by atoms with E-state index in [9.17, 15) is 5.11 Å². The summed E-state index contributed by atoms with van der Waals surface area (Å²) < 4.78 is 0. The third-order valence-electron chi connectivity index (χ3n) is 3.43. The number of aryl methyl sites for hydroxylation is 1. The first-order chi connectivity index (χ1) is 7.33. The Bertz CT molecular complexity index is 318. The third kappa shape index (κ3) is 2.20. The fourth-order valence-electron chi connectivity index (χ4n) is 2.51. The number of rotatable bonds is 3. The van der Waals surface area contributed by atoms with E-state index in [1.165, 1.54) is 18.4 Å². The van der Waals surface area contributed by atoms with Crippen LogP contribution in [-0.4, -0.2) is 10.1 Å². The van der Waals surface area contributed by atoms with Gasteiger partial charge in [-0.3, -0.25) is 4.98 Å². The summed E-state index contributed by atoms with van der Waals surface area (Å²) in [5.41, 5.74) is 2.10. The molecule has 0 aliphatic heterocycles. The van der Waals surface area contributed by atoms with E-state index in [4.69, 9.17) is 0 Å². The van der Waals surface area contributed by atoms with E-state index in [1.807, 2.05) is 6.07 Å². The zero-order valence-corrected chi connectivity index (χ0v) is 9.32. The minimum absolute atomic E-state index is 0.344. The van der Waals surface area contributed by atoms with Crippen LogP contribution in [0.25, 0.3) is 0 Å². The smallest absolute Gasteiger partial charge is 0.0990 e. The van der Waals surface area contributed by atoms with Gasteiger partial charge >= 0.3 is 0 Å². The molecule has 82 valence electrons. The second-order valence-electron chi connectivity index (χ2n) is 4.39. The Morgan fingerprint density at radius 1 is 1.47 bits per heavy atom. The summed E-state index contributed by atoms with van der Waals surface area (Å²) in [6.45, 7) is 2.11. The lowest BCUT2D eigenvalue weighted by molar-refractivity contribution is 0.106. The Kier molecular flexibility index (Phi) is 3.37. The Hall–Kier alpha value is -0.890. The maximum Gasteiger partial charge on any atom is 0.0990 e. The van der Waals surface area contributed by atoms with Crippen LogP contribution in [0.3, 0.4) is 0 Å². The van der Waals surface area contributed by atoms with Crippen LogP contribution < -0.4 is 0 Å². The summed E-state index contributed by atoms with van der Waals surface area (Å²) >= 11 is 0. The van der Waals surface area contributed by atoms with Crippen molar-refractivity contribution in [2.45, 2.75) is 45.1 Å². The zero-order valence-electron chi connectivity index (χ0n) is 9.32. The topological polar surface area (TPSA) is 33.1 Å². The summed E-state index contributed by atoms with van der Waals surface area (Å²) in [6.07, 6.45) is 7.22. The van der Waals surface area contributed by atoms with E-state index in [0.717, 1.165) is 25.0 Å². The summed E-state index contributed by atoms with van der Waals surface area (Å²) in [7, 11) is 0. The molecule has 1 aliphatic rings. The van der Waals surface area contributed by atoms with Crippen LogP contribution in [0.15, 0.2) is 18.3 Å². The molecule has 1 aliphatic carbocycles. The number of aromatic nitrogens is 1. The van der Waals surface area contributed by atoms with Crippen molar-refractivity contribution in [2.75, 3.05) is 0 Å². The highest BCUT2D eigenvalue weighted by Crippen LogP contribution is 2.35. The van der Waals surface area contributed by atoms with Gasteiger partial charge in [0.1, 0.15) is 0 Å². The van der Waals surface area contributed by atoms with Crippen molar-refractivity contribution in [3.63, 3.8) is 0 Å². The highest BCUT2D eigenvalue weighted by Gasteiger charge is 2.26. The number of aliphatic hydroxyl groups excluding tert-OH is 1. The monoisotopic (exact) mass is 205 g/mol. The molecule has 1 N–H and O–H groups in total. The second-order valence-corrected chi connectivity index (χ2v) is 4.39. The maximum atomic E-state index is 10.3. The predicted molar refractivity (Wildman–Crippen MR) is 60.5 cm³/mol. The van der Waals surface area contributed by atoms with Crippen LogP contribution in [0.1, 0.15) is 50.0 Å². The molecule has 0 bridgehead atoms. The van der Waals surface area contributed by atoms with Crippen LogP contribution in [-0.2, 0) is 6.42 Å². The lowest BCUT2D eigenvalue weighted by atomic mass is 9.94. The number of hydrogen-bond acceptors (Lipinski definition) is 2. The average molecular weight is 205 g/mol. The molecule has 15 heavy (non-hydrogen) atoms. The molecule has 0 spiro atoms. The van der Waals surface area contributed by atoms with Crippen molar-refractivity contribution in [1.29, 1.82) is 0 Å². The van der Waals surface area contributed by atoms with Gasteiger partial charge < -0.3 is 5.11 Å². The molecule has 2 nitrogen and oxygen atoms in total. The molecule has 0 amide bonds. The van der Waals surface area contributed by atoms with Crippen LogP contribution >= 0.6 is 0 Å². The molecule has 0 aromatic carbocycles. The van der Waals surface area contributed by atoms with Gasteiger partial charge in [-0.15, -0.1) is 0 Å². The van der Waals surface area contributed by atoms with E-state index in [1.54, 1.807) is 6.20 Å². The second kappa shape index (κ2) is 4.75. The highest BCUT2D eigenvalue weighted by atomic mass is 16.3. The number of nitrogens with zero attached hydrogens (tertiary/aromatic N) is 1. The molecule has 0 radical (unpaired) electrons. The number of hydrogen-bond donors (Lipinski definition) is 1. The molecule has 1 atom stereocenters. The van der Waals surface area contributed by atoms with Gasteiger partial charge in [-0.1, -0.05) is 25.8 Å². The van der Waals surface area contributed by atoms with Gasteiger partial charge in [0.15, 0.2) is 0 Å². The Balaban J connectivity index is 2.19. The fraction of sp³-hybridized carbons (Fsp3) is 0.615. The lowest BCUT2D eigenvalue weighted by Crippen LogP contribution is -2.12. The summed E-state index contributed by atoms with van der Waals surface area (Å²) in [5, 5.41) is 10.3. The van der Waals surface area contributed by atoms with Crippen molar-refractivity contribution < 1.29 is 5.11 Å². The van der Waals surface area contributed by atoms with Crippen molar-refractivity contribution in [1.82, 2.24) is 4.98 Å². The molecule has 1 aromatic heterocycles. The van der Waals surface area contributed by atoms with Gasteiger partial charge in [0, 0.05) is 6.20 Å². The minimum atomic E-state index is -0.344. The van der Waals surface area contributed by atoms with Crippen LogP contribution in [0, 0.1) is 5.92 Å². The molecule has 1 saturated carbocycles. The maximum absolute atomic E-state index is 10.3. The zero-order chi connectivity index (χ0) is 10.7. The lowest BCUT2D eigenvalue weighted by Gasteiger charge is -2.19. The quantitative estimate of drug-likeness (QED) is 0.823. The van der Waals surface area contributed by atoms with Crippen molar-refractivity contribution in [3.8, 4) is 0 Å². The summed E-state index contributed by atoms with van der Waals surface area (Å²) in [4.78, 5) is 4.34. The van der Waals surface area contributed by atoms with Gasteiger partial charge in [0.05, 0.1) is 11.8 Å². The molecule has 0 saturated heterocycles. The molecule has 2 rings (SSSR count). The predicted octanol–water partition coefficient (Wildman–Crippen LogP) is 2.87. The van der Waals surface area contributed by atoms with Crippen molar-refractivity contribution in [2.24, 2.45) is 5.92 Å². The Morgan fingerprint density at radius 2 is 2.20 bits per heavy atom. The highest BCUT2D eigenvalue weighted by molar-refractivity contribution is 5.22. The van der Waals surface area contributed by atoms with E-state index >= 15 is 0 Å². The first kappa shape index (κ1) is 10.6. The normalized spacial score (nSPS) is 19.3. The van der Waals surface area contributed by atoms with Crippen molar-refractivity contribution >= 4 is 0 Å². The van der Waals surface area contributed by atoms with Gasteiger partial charge in [-0.25, -0.2) is 0 Å². The van der Waals surface area contributed by atoms with Gasteiger partial charge in [-0.05, 0) is 36.8 Å². The number of pyridine rings is 1. The van der Waals surface area contributed by atoms with E-state index in [0.29, 0.717) is 5.92 Å². The molecular formula is C13H19NO. The summed E-state index contributed by atoms with van der Waals surface area (Å²) in [6, 6.07) is 4.02. The largest absolute Gasteiger partial charge is 0.387 e. The fourth-order valence-corrected chi connectivity index (χ4v) is 2.51. The van der Waals surface area contributed by atoms with Gasteiger partial charge in [0.25, 0.3) is 0 Å². The van der Waals surface area contributed by atoms with Crippen LogP contribution in [0.2, 0.25) is 0 Å². The minimum Gasteiger partial charge on any atom is -0.387 e. The molecule has 2 heteroatoms. The average Bonchev–Trinajstić information content (AvgIpc) is 2.81. The third-order valence-corrected chi connectivity index (χ3v) is 3.43. The number of aliphatic hydroxyl groups is 1. The van der Waals surface area contributed by atoms with Crippen LogP contribution in [0.5, 0.6) is 0 Å². The standard InChI is InChI=1S/C13H19NO/c1-2-10-8-5-9-14-12(10)13(15)11-6-3-4-7-11/h5,8-9,11,13,15H,2-4,6-7H2,1H3. The van der Waals surface area contributed by atoms with Gasteiger partial charge in [0.2, 0.25) is 0 Å². The first-order valence-electron chi connectivity index (χ1n) is 5.94. The Labute approximate surface area is 91.4 Å².